The molecule has 0 aliphatic rings. The number of aliphatic carboxylic acids is 2. The number of aliphatic hydroxyl groups is 2. The van der Waals surface area contributed by atoms with Crippen LogP contribution in [0.15, 0.2) is 346 Å². The van der Waals surface area contributed by atoms with Crippen LogP contribution in [0.2, 0.25) is 0 Å². The molecule has 0 amide bonds. The van der Waals surface area contributed by atoms with Gasteiger partial charge in [-0.05, 0) is 149 Å². The SMILES string of the molecule is C.C.CC(=O)c1cccc(C(=O)O)c1.COC(=O)C(O)c1cccc2ccccc12.COC(=O)C(OCc1ccccc1)c1cccc2ccccc12.COC(=O)C(OCc1ccccc1)c1cccc2ccccc12.COC(=O)c1cccc(C(=O)O)c1.COC(=O)c1cccc(C(C)=O)c1.O=C(O)C(O)c1cccc2ccccc12.O=C(O)Cc1cccc2ccccc12.[K+].[OH-]. The maximum atomic E-state index is 12.2. The van der Waals surface area contributed by atoms with Crippen molar-refractivity contribution in [1.82, 2.24) is 0 Å². The van der Waals surface area contributed by atoms with Crippen LogP contribution in [0.4, 0.5) is 0 Å². The quantitative estimate of drug-likeness (QED) is 0.0159. The molecule has 0 heterocycles. The molecule has 4 atom stereocenters. The van der Waals surface area contributed by atoms with E-state index in [4.69, 9.17) is 39.4 Å². The zero-order chi connectivity index (χ0) is 93.3. The number of Topliss-reactive ketones (excluding diaryl/α,β-unsaturated/α-hetero) is 2. The molecule has 0 saturated heterocycles. The van der Waals surface area contributed by atoms with E-state index in [9.17, 15) is 63.0 Å². The van der Waals surface area contributed by atoms with Crippen LogP contribution in [0.3, 0.4) is 0 Å². The molecule has 15 aromatic carbocycles. The Kier molecular flexibility index (Phi) is 48.1. The van der Waals surface area contributed by atoms with Gasteiger partial charge >= 0.3 is 105 Å². The van der Waals surface area contributed by atoms with E-state index in [1.54, 1.807) is 54.6 Å². The van der Waals surface area contributed by atoms with E-state index in [0.29, 0.717) is 41.0 Å². The van der Waals surface area contributed by atoms with Gasteiger partial charge in [0.15, 0.2) is 36.0 Å². The smallest absolute Gasteiger partial charge is 0.870 e. The third-order valence-corrected chi connectivity index (χ3v) is 19.4. The minimum Gasteiger partial charge on any atom is -0.870 e. The molecular formula is C107H103KO25. The van der Waals surface area contributed by atoms with Crippen LogP contribution in [0.25, 0.3) is 53.9 Å². The van der Waals surface area contributed by atoms with Crippen molar-refractivity contribution in [3.05, 3.63) is 418 Å². The number of hydrogen-bond acceptors (Lipinski definition) is 21. The molecule has 0 saturated carbocycles. The monoisotopic (exact) mass is 1830 g/mol. The number of esters is 5. The van der Waals surface area contributed by atoms with Crippen molar-refractivity contribution >= 4 is 119 Å². The summed E-state index contributed by atoms with van der Waals surface area (Å²) in [7, 11) is 6.58. The molecule has 0 aliphatic heterocycles. The summed E-state index contributed by atoms with van der Waals surface area (Å²) in [6.07, 6.45) is -4.09. The van der Waals surface area contributed by atoms with Crippen molar-refractivity contribution in [2.75, 3.05) is 35.5 Å². The van der Waals surface area contributed by atoms with Crippen molar-refractivity contribution in [2.24, 2.45) is 0 Å². The number of hydrogen-bond donors (Lipinski definition) is 6. The van der Waals surface area contributed by atoms with Crippen molar-refractivity contribution in [3.8, 4) is 0 Å². The fourth-order valence-electron chi connectivity index (χ4n) is 13.0. The number of methoxy groups -OCH3 is 5. The molecule has 0 bridgehead atoms. The summed E-state index contributed by atoms with van der Waals surface area (Å²) >= 11 is 0. The number of aliphatic hydroxyl groups excluding tert-OH is 2. The number of rotatable bonds is 22. The fraction of sp³-hybridized carbons (Fsp3) is 0.150. The van der Waals surface area contributed by atoms with Gasteiger partial charge in [0.25, 0.3) is 0 Å². The first-order valence-electron chi connectivity index (χ1n) is 39.9. The third-order valence-electron chi connectivity index (χ3n) is 19.4. The number of carboxylic acid groups (broad SMARTS) is 4. The van der Waals surface area contributed by atoms with Gasteiger partial charge < -0.3 is 69.3 Å². The van der Waals surface area contributed by atoms with E-state index in [1.807, 2.05) is 249 Å². The molecule has 0 fully saturated rings. The Balaban J connectivity index is 0.000000320. The number of ether oxygens (including phenoxy) is 7. The largest absolute Gasteiger partial charge is 1.00 e. The number of benzene rings is 15. The van der Waals surface area contributed by atoms with Gasteiger partial charge in [-0.3, -0.25) is 14.4 Å². The van der Waals surface area contributed by atoms with E-state index < -0.39 is 78.1 Å². The van der Waals surface area contributed by atoms with Crippen LogP contribution in [-0.2, 0) is 76.8 Å². The molecule has 4 unspecified atom stereocenters. The minimum absolute atomic E-state index is 0. The fourth-order valence-corrected chi connectivity index (χ4v) is 13.0. The van der Waals surface area contributed by atoms with E-state index in [0.717, 1.165) is 81.7 Å². The van der Waals surface area contributed by atoms with Crippen LogP contribution in [-0.4, -0.2) is 137 Å². The molecule has 133 heavy (non-hydrogen) atoms. The van der Waals surface area contributed by atoms with Crippen LogP contribution in [0, 0.1) is 0 Å². The van der Waals surface area contributed by atoms with Crippen LogP contribution < -0.4 is 51.4 Å². The molecule has 26 heteroatoms. The molecule has 0 aromatic heterocycles. The van der Waals surface area contributed by atoms with Gasteiger partial charge in [0.1, 0.15) is 0 Å². The summed E-state index contributed by atoms with van der Waals surface area (Å²) in [4.78, 5) is 122. The number of carbonyl (C=O) groups is 11. The van der Waals surface area contributed by atoms with E-state index in [-0.39, 0.29) is 106 Å². The average molecular weight is 1830 g/mol. The summed E-state index contributed by atoms with van der Waals surface area (Å²) in [5, 5.41) is 63.8. The zero-order valence-electron chi connectivity index (χ0n) is 72.8. The molecule has 15 aromatic rings. The maximum Gasteiger partial charge on any atom is 1.00 e. The van der Waals surface area contributed by atoms with Gasteiger partial charge in [-0.2, -0.15) is 0 Å². The van der Waals surface area contributed by atoms with E-state index >= 15 is 0 Å². The van der Waals surface area contributed by atoms with E-state index in [2.05, 4.69) is 14.2 Å². The number of aromatic carboxylic acids is 2. The Morgan fingerprint density at radius 2 is 0.549 bits per heavy atom. The third kappa shape index (κ3) is 33.5. The Labute approximate surface area is 812 Å². The molecule has 0 aliphatic carbocycles. The van der Waals surface area contributed by atoms with Gasteiger partial charge in [0.05, 0.1) is 77.4 Å². The summed E-state index contributed by atoms with van der Waals surface area (Å²) in [6.45, 7) is 3.56. The number of carboxylic acids is 4. The predicted octanol–water partition coefficient (Wildman–Crippen LogP) is 17.5. The van der Waals surface area contributed by atoms with Gasteiger partial charge in [-0.1, -0.05) is 318 Å². The second-order valence-corrected chi connectivity index (χ2v) is 28.0. The molecule has 0 radical (unpaired) electrons. The zero-order valence-corrected chi connectivity index (χ0v) is 75.9. The minimum atomic E-state index is -1.46. The first-order chi connectivity index (χ1) is 62.2. The summed E-state index contributed by atoms with van der Waals surface area (Å²) < 4.78 is 35.2. The summed E-state index contributed by atoms with van der Waals surface area (Å²) in [5.41, 5.74) is 7.35. The number of ketones is 2. The second kappa shape index (κ2) is 57.6. The Morgan fingerprint density at radius 1 is 0.286 bits per heavy atom. The summed E-state index contributed by atoms with van der Waals surface area (Å²) in [5.74, 6) is -6.68. The van der Waals surface area contributed by atoms with Gasteiger partial charge in [-0.25, -0.2) is 38.4 Å². The first-order valence-corrected chi connectivity index (χ1v) is 39.9. The molecule has 0 spiro atoms. The Bertz CT molecular complexity index is 6110. The van der Waals surface area contributed by atoms with Crippen molar-refractivity contribution in [1.29, 1.82) is 0 Å². The molecule has 25 nitrogen and oxygen atoms in total. The topological polar surface area (TPSA) is 404 Å². The second-order valence-electron chi connectivity index (χ2n) is 28.0. The molecule has 7 N–H and O–H groups in total. The first kappa shape index (κ1) is 111. The average Bonchev–Trinajstić information content (AvgIpc) is 0.818. The van der Waals surface area contributed by atoms with Gasteiger partial charge in [-0.15, -0.1) is 0 Å². The molecule has 682 valence electrons. The van der Waals surface area contributed by atoms with Gasteiger partial charge in [0, 0.05) is 11.1 Å². The number of carbonyl (C=O) groups excluding carboxylic acids is 7. The van der Waals surface area contributed by atoms with Crippen molar-refractivity contribution < 1.29 is 173 Å². The van der Waals surface area contributed by atoms with Crippen LogP contribution in [0.5, 0.6) is 0 Å². The van der Waals surface area contributed by atoms with Gasteiger partial charge in [0.2, 0.25) is 0 Å². The predicted molar refractivity (Wildman–Crippen MR) is 504 cm³/mol. The Morgan fingerprint density at radius 3 is 0.872 bits per heavy atom. The normalized spacial score (nSPS) is 10.8. The Hall–Kier alpha value is -14.4. The summed E-state index contributed by atoms with van der Waals surface area (Å²) in [6, 6.07) is 105. The standard InChI is InChI=1S/2C20H18O3.C13H12O3.C12H10O3.C12H10O2.C10H10O3.C9H8O4.C9H8O3.2CH4.K.H2O/c2*1-22-20(21)19(23-14-15-8-3-2-4-9-15)18-13-7-11-16-10-5-6-12-17(16)18;1-16-13(15)12(14)11-8-4-6-9-5-2-3-7-10(9)11;13-11(12(14)15)10-7-3-5-8-4-1-2-6-9(8)10;13-12(14)8-10-6-3-5-9-4-1-2-7-11(9)10;1-7(11)8-4-3-5-9(6-8)10(12)13-2;1-13-9(12)7-4-2-3-6(5-7)8(10)11;1-6(10)7-3-2-4-8(5-7)9(11)12;;;;/h2*2-13,19H,14H2,1H3;2-8,12,14H,1H3;1-7,11,13H,(H,14,15);1-7H,8H2,(H,13,14);3-6H,1-2H3;2-5H,1H3,(H,10,11);2-5H,1H3,(H,11,12);2*1H4;;1H2/q;;;;;;;;;;+1;/p-1. The van der Waals surface area contributed by atoms with Crippen molar-refractivity contribution in [3.63, 3.8) is 0 Å². The molecule has 15 rings (SSSR count). The van der Waals surface area contributed by atoms with Crippen molar-refractivity contribution in [2.45, 2.75) is 72.8 Å². The molecular weight excluding hydrogens is 1720 g/mol. The van der Waals surface area contributed by atoms with Crippen LogP contribution >= 0.6 is 0 Å². The maximum absolute atomic E-state index is 12.2. The number of fused-ring (bicyclic) bond motifs is 5. The van der Waals surface area contributed by atoms with Crippen LogP contribution in [0.1, 0.15) is 154 Å². The van der Waals surface area contributed by atoms with E-state index in [1.165, 1.54) is 91.9 Å².